The minimum Gasteiger partial charge on any atom is -0.456 e. The van der Waals surface area contributed by atoms with Gasteiger partial charge in [0.2, 0.25) is 0 Å². The molecule has 0 radical (unpaired) electrons. The lowest BCUT2D eigenvalue weighted by molar-refractivity contribution is -0.141. The number of esters is 1. The number of ketones is 1. The molecule has 17 heavy (non-hydrogen) atoms. The van der Waals surface area contributed by atoms with Crippen LogP contribution in [0.25, 0.3) is 0 Å². The van der Waals surface area contributed by atoms with Gasteiger partial charge in [0.1, 0.15) is 17.7 Å². The van der Waals surface area contributed by atoms with Crippen LogP contribution in [0.4, 0.5) is 4.39 Å². The Balaban J connectivity index is 2.45. The number of rotatable bonds is 2. The molecule has 1 saturated heterocycles. The largest absolute Gasteiger partial charge is 0.456 e. The summed E-state index contributed by atoms with van der Waals surface area (Å²) >= 11 is 5.88. The fourth-order valence-electron chi connectivity index (χ4n) is 1.96. The third kappa shape index (κ3) is 2.17. The van der Waals surface area contributed by atoms with Gasteiger partial charge < -0.3 is 4.74 Å². The van der Waals surface area contributed by atoms with Crippen molar-refractivity contribution in [2.45, 2.75) is 19.4 Å². The quantitative estimate of drug-likeness (QED) is 0.764. The molecule has 1 aromatic carbocycles. The second-order valence-electron chi connectivity index (χ2n) is 3.97. The van der Waals surface area contributed by atoms with Crippen LogP contribution in [0.3, 0.4) is 0 Å². The molecule has 1 heterocycles. The van der Waals surface area contributed by atoms with Gasteiger partial charge in [-0.15, -0.1) is 0 Å². The predicted octanol–water partition coefficient (Wildman–Crippen LogP) is 2.67. The molecule has 0 spiro atoms. The number of halogens is 2. The molecule has 0 bridgehead atoms. The molecular weight excluding hydrogens is 247 g/mol. The summed E-state index contributed by atoms with van der Waals surface area (Å²) in [7, 11) is 0. The topological polar surface area (TPSA) is 43.4 Å². The van der Waals surface area contributed by atoms with Crippen LogP contribution in [-0.2, 0) is 14.3 Å². The highest BCUT2D eigenvalue weighted by molar-refractivity contribution is 6.31. The molecule has 0 aromatic heterocycles. The summed E-state index contributed by atoms with van der Waals surface area (Å²) in [6.45, 7) is 1.36. The second kappa shape index (κ2) is 4.45. The molecule has 1 aliphatic heterocycles. The van der Waals surface area contributed by atoms with Gasteiger partial charge in [0.05, 0.1) is 17.4 Å². The highest BCUT2D eigenvalue weighted by Gasteiger charge is 2.41. The fourth-order valence-corrected chi connectivity index (χ4v) is 2.23. The zero-order valence-electron chi connectivity index (χ0n) is 9.07. The van der Waals surface area contributed by atoms with E-state index in [1.165, 1.54) is 25.1 Å². The zero-order valence-corrected chi connectivity index (χ0v) is 9.83. The Hall–Kier alpha value is -1.42. The third-order valence-electron chi connectivity index (χ3n) is 2.82. The summed E-state index contributed by atoms with van der Waals surface area (Å²) in [6.07, 6.45) is -0.932. The maximum atomic E-state index is 13.7. The van der Waals surface area contributed by atoms with Crippen LogP contribution in [0, 0.1) is 11.7 Å². The first-order valence-corrected chi connectivity index (χ1v) is 5.52. The Bertz CT molecular complexity index is 466. The molecule has 5 heteroatoms. The number of hydrogen-bond acceptors (Lipinski definition) is 3. The van der Waals surface area contributed by atoms with Crippen molar-refractivity contribution < 1.29 is 18.7 Å². The molecule has 2 unspecified atom stereocenters. The molecule has 0 amide bonds. The van der Waals surface area contributed by atoms with Gasteiger partial charge in [0.25, 0.3) is 0 Å². The van der Waals surface area contributed by atoms with Crippen LogP contribution in [0.2, 0.25) is 5.02 Å². The Morgan fingerprint density at radius 1 is 1.53 bits per heavy atom. The minimum absolute atomic E-state index is 0.0232. The highest BCUT2D eigenvalue weighted by atomic mass is 35.5. The van der Waals surface area contributed by atoms with Crippen molar-refractivity contribution >= 4 is 23.4 Å². The monoisotopic (exact) mass is 256 g/mol. The third-order valence-corrected chi connectivity index (χ3v) is 3.15. The Kier molecular flexibility index (Phi) is 3.15. The van der Waals surface area contributed by atoms with Crippen LogP contribution in [0.1, 0.15) is 25.0 Å². The number of carbonyl (C=O) groups excluding carboxylic acids is 2. The lowest BCUT2D eigenvalue weighted by Gasteiger charge is -2.17. The maximum absolute atomic E-state index is 13.7. The Morgan fingerprint density at radius 3 is 2.82 bits per heavy atom. The SMILES string of the molecule is CC(=O)C1CC(=O)OC1c1c(F)cccc1Cl. The van der Waals surface area contributed by atoms with Gasteiger partial charge in [-0.3, -0.25) is 9.59 Å². The van der Waals surface area contributed by atoms with Crippen LogP contribution >= 0.6 is 11.6 Å². The van der Waals surface area contributed by atoms with Crippen molar-refractivity contribution in [1.29, 1.82) is 0 Å². The van der Waals surface area contributed by atoms with Crippen molar-refractivity contribution in [2.24, 2.45) is 5.92 Å². The van der Waals surface area contributed by atoms with Crippen LogP contribution < -0.4 is 0 Å². The van der Waals surface area contributed by atoms with Crippen molar-refractivity contribution in [3.8, 4) is 0 Å². The normalized spacial score (nSPS) is 23.6. The van der Waals surface area contributed by atoms with E-state index in [1.54, 1.807) is 0 Å². The molecule has 0 N–H and O–H groups in total. The van der Waals surface area contributed by atoms with E-state index in [0.29, 0.717) is 0 Å². The van der Waals surface area contributed by atoms with Crippen molar-refractivity contribution in [3.05, 3.63) is 34.6 Å². The van der Waals surface area contributed by atoms with Crippen LogP contribution in [0.15, 0.2) is 18.2 Å². The number of ether oxygens (including phenoxy) is 1. The Morgan fingerprint density at radius 2 is 2.24 bits per heavy atom. The summed E-state index contributed by atoms with van der Waals surface area (Å²) in [5, 5.41) is 0.163. The predicted molar refractivity (Wildman–Crippen MR) is 59.0 cm³/mol. The average molecular weight is 257 g/mol. The van der Waals surface area contributed by atoms with Crippen LogP contribution in [-0.4, -0.2) is 11.8 Å². The van der Waals surface area contributed by atoms with Crippen molar-refractivity contribution in [3.63, 3.8) is 0 Å². The summed E-state index contributed by atoms with van der Waals surface area (Å²) in [4.78, 5) is 22.6. The van der Waals surface area contributed by atoms with E-state index in [0.717, 1.165) is 0 Å². The standard InChI is InChI=1S/C12H10ClFO3/c1-6(15)7-5-10(16)17-12(7)11-8(13)3-2-4-9(11)14/h2-4,7,12H,5H2,1H3. The van der Waals surface area contributed by atoms with E-state index < -0.39 is 23.8 Å². The first-order valence-electron chi connectivity index (χ1n) is 5.14. The highest BCUT2D eigenvalue weighted by Crippen LogP contribution is 2.40. The molecule has 1 aromatic rings. The maximum Gasteiger partial charge on any atom is 0.307 e. The van der Waals surface area contributed by atoms with E-state index in [-0.39, 0.29) is 22.8 Å². The van der Waals surface area contributed by atoms with Crippen molar-refractivity contribution in [2.75, 3.05) is 0 Å². The smallest absolute Gasteiger partial charge is 0.307 e. The van der Waals surface area contributed by atoms with Crippen molar-refractivity contribution in [1.82, 2.24) is 0 Å². The molecule has 2 atom stereocenters. The summed E-state index contributed by atoms with van der Waals surface area (Å²) in [5.41, 5.74) is 0.0835. The lowest BCUT2D eigenvalue weighted by Crippen LogP contribution is -2.16. The molecule has 2 rings (SSSR count). The minimum atomic E-state index is -0.909. The van der Waals surface area contributed by atoms with Gasteiger partial charge in [-0.2, -0.15) is 0 Å². The number of carbonyl (C=O) groups is 2. The first-order chi connectivity index (χ1) is 8.00. The van der Waals surface area contributed by atoms with Gasteiger partial charge >= 0.3 is 5.97 Å². The molecule has 90 valence electrons. The lowest BCUT2D eigenvalue weighted by atomic mass is 9.92. The Labute approximate surface area is 103 Å². The molecule has 0 saturated carbocycles. The molecule has 0 aliphatic carbocycles. The van der Waals surface area contributed by atoms with E-state index in [2.05, 4.69) is 0 Å². The van der Waals surface area contributed by atoms with Gasteiger partial charge in [-0.25, -0.2) is 4.39 Å². The number of hydrogen-bond donors (Lipinski definition) is 0. The first kappa shape index (κ1) is 12.0. The van der Waals surface area contributed by atoms with Gasteiger partial charge in [0.15, 0.2) is 0 Å². The number of benzene rings is 1. The molecule has 1 aliphatic rings. The van der Waals surface area contributed by atoms with E-state index in [4.69, 9.17) is 16.3 Å². The zero-order chi connectivity index (χ0) is 12.6. The van der Waals surface area contributed by atoms with E-state index >= 15 is 0 Å². The van der Waals surface area contributed by atoms with E-state index in [9.17, 15) is 14.0 Å². The second-order valence-corrected chi connectivity index (χ2v) is 4.37. The van der Waals surface area contributed by atoms with Crippen LogP contribution in [0.5, 0.6) is 0 Å². The van der Waals surface area contributed by atoms with Gasteiger partial charge in [0, 0.05) is 5.56 Å². The summed E-state index contributed by atoms with van der Waals surface area (Å²) < 4.78 is 18.7. The average Bonchev–Trinajstić information content (AvgIpc) is 2.60. The number of Topliss-reactive ketones (excluding diaryl/α,β-unsaturated/α-hetero) is 1. The summed E-state index contributed by atoms with van der Waals surface area (Å²) in [5.74, 6) is -1.94. The summed E-state index contributed by atoms with van der Waals surface area (Å²) in [6, 6.07) is 4.19. The number of cyclic esters (lactones) is 1. The van der Waals surface area contributed by atoms with Gasteiger partial charge in [-0.1, -0.05) is 17.7 Å². The fraction of sp³-hybridized carbons (Fsp3) is 0.333. The van der Waals surface area contributed by atoms with E-state index in [1.807, 2.05) is 0 Å². The van der Waals surface area contributed by atoms with Gasteiger partial charge in [-0.05, 0) is 19.1 Å². The molecule has 3 nitrogen and oxygen atoms in total. The molecular formula is C12H10ClFO3. The molecule has 1 fully saturated rings.